The largest absolute Gasteiger partial charge is 0.507 e. The van der Waals surface area contributed by atoms with Gasteiger partial charge in [0.2, 0.25) is 5.91 Å². The van der Waals surface area contributed by atoms with Crippen molar-refractivity contribution in [3.63, 3.8) is 0 Å². The number of ether oxygens (including phenoxy) is 1. The summed E-state index contributed by atoms with van der Waals surface area (Å²) in [6.07, 6.45) is 10.8. The van der Waals surface area contributed by atoms with Crippen LogP contribution in [0.15, 0.2) is 35.6 Å². The van der Waals surface area contributed by atoms with Gasteiger partial charge in [0.1, 0.15) is 17.4 Å². The molecule has 8 nitrogen and oxygen atoms in total. The van der Waals surface area contributed by atoms with Crippen molar-refractivity contribution in [2.24, 2.45) is 41.4 Å². The van der Waals surface area contributed by atoms with Gasteiger partial charge >= 0.3 is 0 Å². The van der Waals surface area contributed by atoms with Gasteiger partial charge in [-0.2, -0.15) is 0 Å². The van der Waals surface area contributed by atoms with E-state index in [9.17, 15) is 24.6 Å². The summed E-state index contributed by atoms with van der Waals surface area (Å²) in [5, 5.41) is 26.3. The van der Waals surface area contributed by atoms with Crippen LogP contribution in [0.1, 0.15) is 39.0 Å². The zero-order chi connectivity index (χ0) is 24.4. The van der Waals surface area contributed by atoms with Crippen molar-refractivity contribution in [2.75, 3.05) is 6.54 Å². The number of carbonyl (C=O) groups is 3. The Hall–Kier alpha value is -2.45. The van der Waals surface area contributed by atoms with Crippen LogP contribution in [0.4, 0.5) is 0 Å². The molecule has 5 fully saturated rings. The van der Waals surface area contributed by atoms with Crippen LogP contribution in [0.3, 0.4) is 0 Å². The monoisotopic (exact) mass is 482 g/mol. The molecule has 6 rings (SSSR count). The number of epoxide rings is 1. The minimum absolute atomic E-state index is 0.111. The summed E-state index contributed by atoms with van der Waals surface area (Å²) in [5.41, 5.74) is -0.298. The van der Waals surface area contributed by atoms with Crippen LogP contribution in [0.25, 0.3) is 0 Å². The molecule has 0 spiro atoms. The Morgan fingerprint density at radius 1 is 1.00 bits per heavy atom. The van der Waals surface area contributed by atoms with E-state index >= 15 is 0 Å². The summed E-state index contributed by atoms with van der Waals surface area (Å²) in [7, 11) is 0. The summed E-state index contributed by atoms with van der Waals surface area (Å²) in [4.78, 5) is 37.6. The van der Waals surface area contributed by atoms with Gasteiger partial charge in [-0.1, -0.05) is 19.1 Å². The number of hydrogen-bond donors (Lipinski definition) is 4. The van der Waals surface area contributed by atoms with Crippen molar-refractivity contribution in [2.45, 2.75) is 63.4 Å². The highest BCUT2D eigenvalue weighted by Crippen LogP contribution is 2.65. The molecule has 0 radical (unpaired) electrons. The van der Waals surface area contributed by atoms with Gasteiger partial charge in [0, 0.05) is 6.54 Å². The van der Waals surface area contributed by atoms with Crippen LogP contribution in [0, 0.1) is 41.4 Å². The molecule has 11 atom stereocenters. The lowest BCUT2D eigenvalue weighted by molar-refractivity contribution is -0.118. The zero-order valence-corrected chi connectivity index (χ0v) is 19.9. The molecular formula is C27H34N2O6. The maximum Gasteiger partial charge on any atom is 0.259 e. The van der Waals surface area contributed by atoms with Gasteiger partial charge in [-0.05, 0) is 85.7 Å². The Morgan fingerprint density at radius 2 is 1.83 bits per heavy atom. The summed E-state index contributed by atoms with van der Waals surface area (Å²) >= 11 is 0. The first kappa shape index (κ1) is 23.0. The molecule has 8 heteroatoms. The van der Waals surface area contributed by atoms with E-state index in [0.29, 0.717) is 47.7 Å². The normalized spacial score (nSPS) is 47.9. The maximum absolute atomic E-state index is 12.8. The molecule has 3 heterocycles. The number of aliphatic hydroxyl groups excluding tert-OH is 2. The van der Waals surface area contributed by atoms with Crippen LogP contribution in [-0.2, 0) is 19.1 Å². The number of nitrogens with one attached hydrogen (secondary N) is 2. The third-order valence-corrected chi connectivity index (χ3v) is 9.73. The summed E-state index contributed by atoms with van der Waals surface area (Å²) < 4.78 is 5.96. The molecule has 0 aromatic carbocycles. The van der Waals surface area contributed by atoms with E-state index in [1.54, 1.807) is 6.08 Å². The van der Waals surface area contributed by atoms with E-state index in [-0.39, 0.29) is 36.1 Å². The third kappa shape index (κ3) is 3.76. The van der Waals surface area contributed by atoms with Crippen LogP contribution < -0.4 is 10.6 Å². The highest BCUT2D eigenvalue weighted by atomic mass is 16.6. The molecule has 35 heavy (non-hydrogen) atoms. The fraction of sp³-hybridized carbons (Fsp3) is 0.667. The highest BCUT2D eigenvalue weighted by Gasteiger charge is 2.66. The molecule has 3 aliphatic carbocycles. The van der Waals surface area contributed by atoms with Crippen molar-refractivity contribution in [1.29, 1.82) is 0 Å². The fourth-order valence-electron chi connectivity index (χ4n) is 8.17. The first-order valence-electron chi connectivity index (χ1n) is 13.1. The van der Waals surface area contributed by atoms with E-state index in [1.165, 1.54) is 6.08 Å². The smallest absolute Gasteiger partial charge is 0.259 e. The zero-order valence-electron chi connectivity index (χ0n) is 19.9. The van der Waals surface area contributed by atoms with Crippen LogP contribution in [-0.4, -0.2) is 58.7 Å². The van der Waals surface area contributed by atoms with Gasteiger partial charge in [0.05, 0.1) is 18.3 Å². The van der Waals surface area contributed by atoms with Crippen molar-refractivity contribution in [3.05, 3.63) is 35.6 Å². The number of rotatable bonds is 0. The number of fused-ring (bicyclic) bond motifs is 9. The number of carbonyl (C=O) groups excluding carboxylic acids is 3. The minimum Gasteiger partial charge on any atom is -0.507 e. The van der Waals surface area contributed by atoms with Crippen molar-refractivity contribution in [3.8, 4) is 0 Å². The number of hydrogen-bond acceptors (Lipinski definition) is 6. The lowest BCUT2D eigenvalue weighted by Crippen LogP contribution is -2.42. The van der Waals surface area contributed by atoms with Gasteiger partial charge in [-0.25, -0.2) is 0 Å². The average Bonchev–Trinajstić information content (AvgIpc) is 3.33. The Bertz CT molecular complexity index is 1030. The number of allylic oxidation sites excluding steroid dienone is 3. The number of aliphatic hydroxyl groups is 2. The lowest BCUT2D eigenvalue weighted by Gasteiger charge is -2.41. The van der Waals surface area contributed by atoms with E-state index in [1.807, 2.05) is 12.2 Å². The molecule has 2 bridgehead atoms. The highest BCUT2D eigenvalue weighted by molar-refractivity contribution is 6.27. The molecular weight excluding hydrogens is 448 g/mol. The molecule has 2 amide bonds. The molecule has 3 saturated carbocycles. The topological polar surface area (TPSA) is 128 Å². The second kappa shape index (κ2) is 8.59. The second-order valence-electron chi connectivity index (χ2n) is 11.4. The summed E-state index contributed by atoms with van der Waals surface area (Å²) in [6.45, 7) is 2.51. The lowest BCUT2D eigenvalue weighted by atomic mass is 9.64. The van der Waals surface area contributed by atoms with Gasteiger partial charge < -0.3 is 25.6 Å². The fourth-order valence-corrected chi connectivity index (χ4v) is 8.17. The number of Topliss-reactive ketones (excluding diaryl/α,β-unsaturated/α-hetero) is 1. The minimum atomic E-state index is -1.16. The van der Waals surface area contributed by atoms with Crippen molar-refractivity contribution < 1.29 is 29.3 Å². The molecule has 188 valence electrons. The van der Waals surface area contributed by atoms with Gasteiger partial charge in [-0.3, -0.25) is 14.4 Å². The Kier molecular flexibility index (Phi) is 5.64. The first-order valence-corrected chi connectivity index (χ1v) is 13.1. The predicted molar refractivity (Wildman–Crippen MR) is 126 cm³/mol. The second-order valence-corrected chi connectivity index (χ2v) is 11.4. The van der Waals surface area contributed by atoms with E-state index in [2.05, 4.69) is 17.6 Å². The molecule has 11 unspecified atom stereocenters. The van der Waals surface area contributed by atoms with Crippen LogP contribution in [0.5, 0.6) is 0 Å². The van der Waals surface area contributed by atoms with E-state index in [0.717, 1.165) is 25.7 Å². The molecule has 6 aliphatic rings. The van der Waals surface area contributed by atoms with Gasteiger partial charge in [0.25, 0.3) is 5.91 Å². The van der Waals surface area contributed by atoms with Crippen molar-refractivity contribution in [1.82, 2.24) is 10.6 Å². The summed E-state index contributed by atoms with van der Waals surface area (Å²) in [5.74, 6) is 1.75. The third-order valence-electron chi connectivity index (χ3n) is 9.73. The molecule has 3 aliphatic heterocycles. The Labute approximate surface area is 204 Å². The quantitative estimate of drug-likeness (QED) is 0.306. The van der Waals surface area contributed by atoms with E-state index in [4.69, 9.17) is 4.74 Å². The van der Waals surface area contributed by atoms with Crippen LogP contribution >= 0.6 is 0 Å². The SMILES string of the molecule is CC1C2OC2C2CC3C4C/C=C/C(=O)NCCC(O)C5NC(=O)C(=C(O)C=CC4CCC3C12)C5=O. The first-order chi connectivity index (χ1) is 16.8. The number of ketones is 1. The van der Waals surface area contributed by atoms with Gasteiger partial charge in [0.15, 0.2) is 5.78 Å². The molecule has 0 aromatic heterocycles. The van der Waals surface area contributed by atoms with Crippen molar-refractivity contribution >= 4 is 17.6 Å². The Balaban J connectivity index is 1.30. The average molecular weight is 483 g/mol. The van der Waals surface area contributed by atoms with Crippen LogP contribution in [0.2, 0.25) is 0 Å². The number of amides is 2. The summed E-state index contributed by atoms with van der Waals surface area (Å²) in [6, 6.07) is -1.12. The molecule has 0 aromatic rings. The van der Waals surface area contributed by atoms with E-state index < -0.39 is 23.8 Å². The standard InChI is InChI=1S/C27H34N2O6/c1-12-21-15-7-5-13-6-8-18(30)22-24(33)23(29-27(22)34)19(31)9-10-28-20(32)4-2-3-14(13)16(15)11-17(21)26-25(12)35-26/h2,4,6,8,12-17,19,21,23,25-26,30-31H,3,5,7,9-11H2,1H3,(H,28,32)(H,29,34)/b4-2+,8-6?,22-18?. The maximum atomic E-state index is 12.8. The molecule has 2 saturated heterocycles. The van der Waals surface area contributed by atoms with Gasteiger partial charge in [-0.15, -0.1) is 0 Å². The molecule has 4 N–H and O–H groups in total. The predicted octanol–water partition coefficient (Wildman–Crippen LogP) is 1.56. The Morgan fingerprint density at radius 3 is 2.66 bits per heavy atom.